The van der Waals surface area contributed by atoms with Gasteiger partial charge in [-0.05, 0) is 36.4 Å². The van der Waals surface area contributed by atoms with Gasteiger partial charge in [0.2, 0.25) is 0 Å². The van der Waals surface area contributed by atoms with E-state index in [2.05, 4.69) is 39.4 Å². The number of nitrogens with zero attached hydrogens (tertiary/aromatic N) is 2. The minimum absolute atomic E-state index is 0. The molecule has 3 rings (SSSR count). The van der Waals surface area contributed by atoms with Crippen molar-refractivity contribution in [2.75, 3.05) is 42.9 Å². The molecular formula is C19H24N3NaO2. The van der Waals surface area contributed by atoms with Crippen molar-refractivity contribution < 1.29 is 9.90 Å². The van der Waals surface area contributed by atoms with Gasteiger partial charge in [-0.2, -0.15) is 0 Å². The van der Waals surface area contributed by atoms with Crippen LogP contribution in [0.2, 0.25) is 0 Å². The van der Waals surface area contributed by atoms with Crippen molar-refractivity contribution in [1.29, 1.82) is 0 Å². The Morgan fingerprint density at radius 3 is 2.12 bits per heavy atom. The zero-order valence-electron chi connectivity index (χ0n) is 13.7. The Morgan fingerprint density at radius 1 is 0.920 bits per heavy atom. The molecule has 2 aromatic carbocycles. The summed E-state index contributed by atoms with van der Waals surface area (Å²) in [5, 5.41) is 12.1. The number of carboxylic acids is 1. The number of benzene rings is 2. The monoisotopic (exact) mass is 349 g/mol. The van der Waals surface area contributed by atoms with Crippen LogP contribution in [0.3, 0.4) is 0 Å². The second-order valence-electron chi connectivity index (χ2n) is 6.01. The first-order valence-electron chi connectivity index (χ1n) is 8.32. The van der Waals surface area contributed by atoms with Gasteiger partial charge in [0.1, 0.15) is 0 Å². The van der Waals surface area contributed by atoms with Gasteiger partial charge in [0, 0.05) is 49.8 Å². The molecule has 0 atom stereocenters. The van der Waals surface area contributed by atoms with Crippen molar-refractivity contribution in [3.8, 4) is 0 Å². The van der Waals surface area contributed by atoms with Crippen LogP contribution >= 0.6 is 0 Å². The van der Waals surface area contributed by atoms with Gasteiger partial charge in [-0.1, -0.05) is 18.2 Å². The number of rotatable bonds is 6. The van der Waals surface area contributed by atoms with Crippen LogP contribution < -0.4 is 10.2 Å². The van der Waals surface area contributed by atoms with Crippen molar-refractivity contribution in [3.63, 3.8) is 0 Å². The van der Waals surface area contributed by atoms with Crippen LogP contribution in [0, 0.1) is 0 Å². The number of aliphatic carboxylic acids is 1. The van der Waals surface area contributed by atoms with Gasteiger partial charge in [0.25, 0.3) is 0 Å². The molecule has 0 bridgehead atoms. The molecule has 1 saturated heterocycles. The van der Waals surface area contributed by atoms with Gasteiger partial charge in [-0.25, -0.2) is 0 Å². The van der Waals surface area contributed by atoms with E-state index in [9.17, 15) is 4.79 Å². The summed E-state index contributed by atoms with van der Waals surface area (Å²) in [6.45, 7) is 4.34. The normalized spacial score (nSPS) is 14.6. The summed E-state index contributed by atoms with van der Waals surface area (Å²) in [7, 11) is 0. The Bertz CT molecular complexity index is 656. The molecule has 25 heavy (non-hydrogen) atoms. The van der Waals surface area contributed by atoms with Crippen molar-refractivity contribution in [3.05, 3.63) is 54.6 Å². The summed E-state index contributed by atoms with van der Waals surface area (Å²) >= 11 is 0. The zero-order valence-corrected chi connectivity index (χ0v) is 13.7. The standard InChI is InChI=1S/C19H23N3O2.Na.H/c23-19(24)10-11-21-12-14-22(15-13-21)18-8-6-17(7-9-18)20-16-4-2-1-3-5-16;;/h1-9,20H,10-15H2,(H,23,24);;. The van der Waals surface area contributed by atoms with E-state index < -0.39 is 5.97 Å². The molecule has 128 valence electrons. The van der Waals surface area contributed by atoms with Gasteiger partial charge in [-0.15, -0.1) is 0 Å². The molecule has 0 aromatic heterocycles. The SMILES string of the molecule is O=C(O)CCN1CCN(c2ccc(Nc3ccccc3)cc2)CC1.[NaH]. The second kappa shape index (κ2) is 9.82. The van der Waals surface area contributed by atoms with E-state index in [1.807, 2.05) is 30.3 Å². The molecule has 2 aromatic rings. The number of piperazine rings is 1. The Morgan fingerprint density at radius 2 is 1.52 bits per heavy atom. The van der Waals surface area contributed by atoms with Crippen LogP contribution in [0.5, 0.6) is 0 Å². The number of anilines is 3. The van der Waals surface area contributed by atoms with Gasteiger partial charge in [0.05, 0.1) is 6.42 Å². The Labute approximate surface area is 170 Å². The van der Waals surface area contributed by atoms with Crippen LogP contribution in [0.4, 0.5) is 17.1 Å². The molecule has 2 N–H and O–H groups in total. The first-order valence-corrected chi connectivity index (χ1v) is 8.32. The fourth-order valence-electron chi connectivity index (χ4n) is 2.93. The molecule has 1 aliphatic heterocycles. The molecular weight excluding hydrogens is 325 g/mol. The number of hydrogen-bond acceptors (Lipinski definition) is 4. The first-order chi connectivity index (χ1) is 11.7. The third-order valence-corrected chi connectivity index (χ3v) is 4.31. The quantitative estimate of drug-likeness (QED) is 0.785. The Kier molecular flexibility index (Phi) is 7.78. The number of carbonyl (C=O) groups is 1. The zero-order chi connectivity index (χ0) is 16.8. The number of nitrogens with one attached hydrogen (secondary N) is 1. The molecule has 0 unspecified atom stereocenters. The van der Waals surface area contributed by atoms with Gasteiger partial charge < -0.3 is 15.3 Å². The molecule has 1 heterocycles. The molecule has 0 spiro atoms. The van der Waals surface area contributed by atoms with E-state index in [-0.39, 0.29) is 36.0 Å². The van der Waals surface area contributed by atoms with Crippen molar-refractivity contribution in [2.24, 2.45) is 0 Å². The molecule has 0 aliphatic carbocycles. The topological polar surface area (TPSA) is 55.8 Å². The number of para-hydroxylation sites is 1. The molecule has 0 saturated carbocycles. The van der Waals surface area contributed by atoms with Crippen molar-refractivity contribution >= 4 is 52.6 Å². The fraction of sp³-hybridized carbons (Fsp3) is 0.316. The summed E-state index contributed by atoms with van der Waals surface area (Å²) in [6, 6.07) is 18.6. The summed E-state index contributed by atoms with van der Waals surface area (Å²) < 4.78 is 0. The van der Waals surface area contributed by atoms with E-state index in [0.717, 1.165) is 37.6 Å². The molecule has 1 fully saturated rings. The summed E-state index contributed by atoms with van der Waals surface area (Å²) in [6.07, 6.45) is 0.222. The molecule has 1 aliphatic rings. The second-order valence-corrected chi connectivity index (χ2v) is 6.01. The third-order valence-electron chi connectivity index (χ3n) is 4.31. The predicted molar refractivity (Wildman–Crippen MR) is 104 cm³/mol. The fourth-order valence-corrected chi connectivity index (χ4v) is 2.93. The van der Waals surface area contributed by atoms with E-state index in [4.69, 9.17) is 5.11 Å². The van der Waals surface area contributed by atoms with Crippen LogP contribution in [0.25, 0.3) is 0 Å². The van der Waals surface area contributed by atoms with E-state index in [1.54, 1.807) is 0 Å². The van der Waals surface area contributed by atoms with E-state index >= 15 is 0 Å². The van der Waals surface area contributed by atoms with Crippen molar-refractivity contribution in [2.45, 2.75) is 6.42 Å². The average molecular weight is 349 g/mol. The van der Waals surface area contributed by atoms with Gasteiger partial charge in [0.15, 0.2) is 0 Å². The number of hydrogen-bond donors (Lipinski definition) is 2. The Balaban J connectivity index is 0.00000225. The Hall–Kier alpha value is -1.53. The van der Waals surface area contributed by atoms with Crippen LogP contribution in [-0.2, 0) is 4.79 Å². The summed E-state index contributed by atoms with van der Waals surface area (Å²) in [5.74, 6) is -0.723. The average Bonchev–Trinajstić information content (AvgIpc) is 2.62. The maximum absolute atomic E-state index is 10.6. The van der Waals surface area contributed by atoms with Crippen LogP contribution in [0.1, 0.15) is 6.42 Å². The summed E-state index contributed by atoms with van der Waals surface area (Å²) in [5.41, 5.74) is 3.37. The van der Waals surface area contributed by atoms with E-state index in [1.165, 1.54) is 5.69 Å². The van der Waals surface area contributed by atoms with Crippen molar-refractivity contribution in [1.82, 2.24) is 4.90 Å². The van der Waals surface area contributed by atoms with Crippen LogP contribution in [-0.4, -0.2) is 78.3 Å². The first kappa shape index (κ1) is 19.8. The number of carboxylic acid groups (broad SMARTS) is 1. The molecule has 5 nitrogen and oxygen atoms in total. The van der Waals surface area contributed by atoms with Gasteiger partial charge >= 0.3 is 35.5 Å². The molecule has 0 amide bonds. The molecule has 0 radical (unpaired) electrons. The van der Waals surface area contributed by atoms with E-state index in [0.29, 0.717) is 6.54 Å². The third kappa shape index (κ3) is 6.04. The van der Waals surface area contributed by atoms with Gasteiger partial charge in [-0.3, -0.25) is 9.69 Å². The predicted octanol–water partition coefficient (Wildman–Crippen LogP) is 2.38. The summed E-state index contributed by atoms with van der Waals surface area (Å²) in [4.78, 5) is 15.2. The molecule has 6 heteroatoms. The maximum atomic E-state index is 10.6. The minimum atomic E-state index is -0.723. The van der Waals surface area contributed by atoms with Crippen LogP contribution in [0.15, 0.2) is 54.6 Å².